The molecular weight excluding hydrogens is 518 g/mol. The highest BCUT2D eigenvalue weighted by molar-refractivity contribution is 5.95. The number of aliphatic hydroxyl groups excluding tert-OH is 1. The number of aromatic amines is 1. The first-order valence-corrected chi connectivity index (χ1v) is 13.4. The van der Waals surface area contributed by atoms with Crippen LogP contribution in [-0.2, 0) is 6.42 Å². The Morgan fingerprint density at radius 3 is 2.48 bits per heavy atom. The number of aliphatic hydroxyl groups is 1. The fourth-order valence-corrected chi connectivity index (χ4v) is 4.70. The van der Waals surface area contributed by atoms with Crippen LogP contribution in [0.3, 0.4) is 0 Å². The number of benzene rings is 1. The number of carbonyl (C=O) groups excluding carboxylic acids is 1. The standard InChI is InChI=1S/C29H34F2N6O3/c1-3-8-37(9-4-2)27-16-21(15-26(35-27)29-32-7-10-40-29)28(39)33-18-24(38)14-20(25-5-6-34-36-25)11-19-12-22(30)17-23(31)13-19/h5-7,10,12-13,15-17,20,24,38H,3-4,8-9,11,14,18H2,1-2H3,(H,33,39)(H,34,36). The number of H-pyrrole nitrogens is 1. The van der Waals surface area contributed by atoms with E-state index in [1.165, 1.54) is 24.6 Å². The fourth-order valence-electron chi connectivity index (χ4n) is 4.70. The number of halogens is 2. The lowest BCUT2D eigenvalue weighted by Crippen LogP contribution is -2.33. The van der Waals surface area contributed by atoms with Gasteiger partial charge in [-0.25, -0.2) is 18.7 Å². The number of aromatic nitrogens is 4. The zero-order chi connectivity index (χ0) is 28.5. The van der Waals surface area contributed by atoms with Crippen LogP contribution >= 0.6 is 0 Å². The van der Waals surface area contributed by atoms with E-state index in [0.29, 0.717) is 28.5 Å². The predicted molar refractivity (Wildman–Crippen MR) is 147 cm³/mol. The van der Waals surface area contributed by atoms with Gasteiger partial charge in [0.15, 0.2) is 0 Å². The van der Waals surface area contributed by atoms with Crippen molar-refractivity contribution in [1.82, 2.24) is 25.5 Å². The van der Waals surface area contributed by atoms with Crippen molar-refractivity contribution in [2.75, 3.05) is 24.5 Å². The number of oxazole rings is 1. The molecule has 4 rings (SSSR count). The lowest BCUT2D eigenvalue weighted by molar-refractivity contribution is 0.0904. The van der Waals surface area contributed by atoms with Crippen LogP contribution in [0.5, 0.6) is 0 Å². The summed E-state index contributed by atoms with van der Waals surface area (Å²) in [7, 11) is 0. The van der Waals surface area contributed by atoms with E-state index in [-0.39, 0.29) is 31.2 Å². The van der Waals surface area contributed by atoms with E-state index in [9.17, 15) is 18.7 Å². The molecule has 0 spiro atoms. The highest BCUT2D eigenvalue weighted by Gasteiger charge is 2.21. The molecule has 0 aliphatic heterocycles. The Hall–Kier alpha value is -4.12. The maximum atomic E-state index is 13.8. The zero-order valence-electron chi connectivity index (χ0n) is 22.6. The maximum absolute atomic E-state index is 13.8. The van der Waals surface area contributed by atoms with Gasteiger partial charge in [-0.3, -0.25) is 9.89 Å². The van der Waals surface area contributed by atoms with Crippen molar-refractivity contribution >= 4 is 11.7 Å². The number of amides is 1. The average Bonchev–Trinajstić information content (AvgIpc) is 3.66. The number of anilines is 1. The third-order valence-corrected chi connectivity index (χ3v) is 6.46. The van der Waals surface area contributed by atoms with Gasteiger partial charge in [-0.05, 0) is 61.6 Å². The van der Waals surface area contributed by atoms with Crippen LogP contribution in [0.15, 0.2) is 59.5 Å². The molecular formula is C29H34F2N6O3. The molecule has 1 aromatic carbocycles. The summed E-state index contributed by atoms with van der Waals surface area (Å²) >= 11 is 0. The van der Waals surface area contributed by atoms with Crippen molar-refractivity contribution < 1.29 is 23.1 Å². The van der Waals surface area contributed by atoms with E-state index < -0.39 is 17.7 Å². The van der Waals surface area contributed by atoms with E-state index in [4.69, 9.17) is 4.42 Å². The zero-order valence-corrected chi connectivity index (χ0v) is 22.6. The number of hydrogen-bond acceptors (Lipinski definition) is 7. The van der Waals surface area contributed by atoms with Gasteiger partial charge in [0, 0.05) is 49.1 Å². The molecule has 0 radical (unpaired) electrons. The highest BCUT2D eigenvalue weighted by atomic mass is 19.1. The predicted octanol–water partition coefficient (Wildman–Crippen LogP) is 4.87. The van der Waals surface area contributed by atoms with E-state index in [1.54, 1.807) is 24.4 Å². The first kappa shape index (κ1) is 28.9. The topological polar surface area (TPSA) is 120 Å². The van der Waals surface area contributed by atoms with Crippen molar-refractivity contribution in [3.05, 3.63) is 83.5 Å². The quantitative estimate of drug-likeness (QED) is 0.204. The monoisotopic (exact) mass is 552 g/mol. The molecule has 2 atom stereocenters. The molecule has 0 fully saturated rings. The molecule has 0 bridgehead atoms. The van der Waals surface area contributed by atoms with Crippen LogP contribution in [0.25, 0.3) is 11.6 Å². The molecule has 3 heterocycles. The summed E-state index contributed by atoms with van der Waals surface area (Å²) in [5, 5.41) is 20.5. The summed E-state index contributed by atoms with van der Waals surface area (Å²) in [6.07, 6.45) is 5.95. The highest BCUT2D eigenvalue weighted by Crippen LogP contribution is 2.26. The molecule has 0 aliphatic rings. The van der Waals surface area contributed by atoms with Gasteiger partial charge in [0.25, 0.3) is 5.91 Å². The van der Waals surface area contributed by atoms with Gasteiger partial charge in [-0.2, -0.15) is 5.10 Å². The fraction of sp³-hybridized carbons (Fsp3) is 0.379. The Kier molecular flexibility index (Phi) is 9.96. The summed E-state index contributed by atoms with van der Waals surface area (Å²) in [5.41, 5.74) is 1.98. The summed E-state index contributed by atoms with van der Waals surface area (Å²) < 4.78 is 33.0. The smallest absolute Gasteiger partial charge is 0.251 e. The minimum Gasteiger partial charge on any atom is -0.443 e. The van der Waals surface area contributed by atoms with E-state index in [0.717, 1.165) is 37.7 Å². The normalized spacial score (nSPS) is 12.7. The summed E-state index contributed by atoms with van der Waals surface area (Å²) in [6.45, 7) is 5.69. The Bertz CT molecular complexity index is 1340. The molecule has 0 aliphatic carbocycles. The van der Waals surface area contributed by atoms with Crippen LogP contribution in [0.4, 0.5) is 14.6 Å². The van der Waals surface area contributed by atoms with Crippen molar-refractivity contribution in [3.8, 4) is 11.6 Å². The van der Waals surface area contributed by atoms with Gasteiger partial charge in [0.1, 0.15) is 29.4 Å². The van der Waals surface area contributed by atoms with Crippen LogP contribution < -0.4 is 10.2 Å². The minimum absolute atomic E-state index is 0.0272. The number of carbonyl (C=O) groups is 1. The molecule has 3 N–H and O–H groups in total. The Labute approximate surface area is 231 Å². The molecule has 9 nitrogen and oxygen atoms in total. The van der Waals surface area contributed by atoms with Crippen LogP contribution in [-0.4, -0.2) is 56.9 Å². The number of nitrogens with one attached hydrogen (secondary N) is 2. The number of nitrogens with zero attached hydrogens (tertiary/aromatic N) is 4. The van der Waals surface area contributed by atoms with E-state index in [2.05, 4.69) is 44.2 Å². The molecule has 40 heavy (non-hydrogen) atoms. The molecule has 0 saturated heterocycles. The minimum atomic E-state index is -0.931. The van der Waals surface area contributed by atoms with E-state index >= 15 is 0 Å². The molecule has 0 saturated carbocycles. The molecule has 212 valence electrons. The molecule has 1 amide bonds. The largest absolute Gasteiger partial charge is 0.443 e. The van der Waals surface area contributed by atoms with Crippen molar-refractivity contribution in [2.24, 2.45) is 0 Å². The maximum Gasteiger partial charge on any atom is 0.251 e. The summed E-state index contributed by atoms with van der Waals surface area (Å²) in [5.74, 6) is -1.07. The lowest BCUT2D eigenvalue weighted by Gasteiger charge is -2.23. The summed E-state index contributed by atoms with van der Waals surface area (Å²) in [6, 6.07) is 8.46. The Morgan fingerprint density at radius 2 is 1.85 bits per heavy atom. The van der Waals surface area contributed by atoms with Crippen LogP contribution in [0, 0.1) is 11.6 Å². The number of hydrogen-bond donors (Lipinski definition) is 3. The first-order valence-electron chi connectivity index (χ1n) is 13.4. The second kappa shape index (κ2) is 13.8. The van der Waals surface area contributed by atoms with Crippen LogP contribution in [0.1, 0.15) is 60.6 Å². The van der Waals surface area contributed by atoms with Gasteiger partial charge in [0.05, 0.1) is 12.3 Å². The van der Waals surface area contributed by atoms with Crippen molar-refractivity contribution in [1.29, 1.82) is 0 Å². The number of pyridine rings is 1. The second-order valence-corrected chi connectivity index (χ2v) is 9.71. The Morgan fingerprint density at radius 1 is 1.10 bits per heavy atom. The molecule has 2 unspecified atom stereocenters. The lowest BCUT2D eigenvalue weighted by atomic mass is 9.90. The summed E-state index contributed by atoms with van der Waals surface area (Å²) in [4.78, 5) is 24.2. The van der Waals surface area contributed by atoms with E-state index in [1.807, 2.05) is 0 Å². The SMILES string of the molecule is CCCN(CCC)c1cc(C(=O)NCC(O)CC(Cc2cc(F)cc(F)c2)c2ccn[nH]2)cc(-c2ncco2)n1. The Balaban J connectivity index is 1.48. The van der Waals surface area contributed by atoms with Gasteiger partial charge in [0.2, 0.25) is 5.89 Å². The average molecular weight is 553 g/mol. The van der Waals surface area contributed by atoms with Gasteiger partial charge in [-0.15, -0.1) is 0 Å². The third-order valence-electron chi connectivity index (χ3n) is 6.46. The van der Waals surface area contributed by atoms with Gasteiger partial charge in [-0.1, -0.05) is 13.8 Å². The molecule has 4 aromatic rings. The number of rotatable bonds is 14. The van der Waals surface area contributed by atoms with Crippen molar-refractivity contribution in [3.63, 3.8) is 0 Å². The molecule has 3 aromatic heterocycles. The first-order chi connectivity index (χ1) is 19.4. The second-order valence-electron chi connectivity index (χ2n) is 9.71. The van der Waals surface area contributed by atoms with Crippen molar-refractivity contribution in [2.45, 2.75) is 51.6 Å². The third kappa shape index (κ3) is 7.72. The van der Waals surface area contributed by atoms with Gasteiger partial charge < -0.3 is 19.7 Å². The van der Waals surface area contributed by atoms with Crippen LogP contribution in [0.2, 0.25) is 0 Å². The molecule has 11 heteroatoms. The van der Waals surface area contributed by atoms with Gasteiger partial charge >= 0.3 is 0 Å².